The average Bonchev–Trinajstić information content (AvgIpc) is 2.49. The summed E-state index contributed by atoms with van der Waals surface area (Å²) >= 11 is 0. The van der Waals surface area contributed by atoms with E-state index < -0.39 is 17.5 Å². The molecular formula is C15H18N2O4. The van der Waals surface area contributed by atoms with Crippen LogP contribution in [0.1, 0.15) is 18.2 Å². The van der Waals surface area contributed by atoms with E-state index in [-0.39, 0.29) is 0 Å². The van der Waals surface area contributed by atoms with Crippen molar-refractivity contribution in [3.8, 4) is 0 Å². The Labute approximate surface area is 122 Å². The van der Waals surface area contributed by atoms with Gasteiger partial charge in [-0.3, -0.25) is 14.3 Å². The molecule has 6 heteroatoms. The van der Waals surface area contributed by atoms with Crippen molar-refractivity contribution in [2.75, 3.05) is 13.7 Å². The zero-order valence-electron chi connectivity index (χ0n) is 11.8. The zero-order chi connectivity index (χ0) is 15.1. The normalized spacial score (nSPS) is 12.2. The maximum Gasteiger partial charge on any atom is 0.330 e. The Morgan fingerprint density at radius 1 is 1.19 bits per heavy atom. The Bertz CT molecular complexity index is 663. The van der Waals surface area contributed by atoms with Gasteiger partial charge in [-0.05, 0) is 5.56 Å². The summed E-state index contributed by atoms with van der Waals surface area (Å²) < 4.78 is 12.2. The summed E-state index contributed by atoms with van der Waals surface area (Å²) in [4.78, 5) is 24.9. The molecule has 0 aliphatic rings. The topological polar surface area (TPSA) is 73.3 Å². The van der Waals surface area contributed by atoms with Gasteiger partial charge in [0.2, 0.25) is 0 Å². The number of aromatic nitrogens is 2. The van der Waals surface area contributed by atoms with Gasteiger partial charge in [0.15, 0.2) is 0 Å². The average molecular weight is 290 g/mol. The van der Waals surface area contributed by atoms with E-state index in [0.29, 0.717) is 19.6 Å². The molecule has 0 bridgehead atoms. The van der Waals surface area contributed by atoms with E-state index in [2.05, 4.69) is 4.98 Å². The number of hydrogen-bond acceptors (Lipinski definition) is 4. The van der Waals surface area contributed by atoms with Gasteiger partial charge in [0.1, 0.15) is 6.23 Å². The molecular weight excluding hydrogens is 272 g/mol. The maximum atomic E-state index is 11.7. The lowest BCUT2D eigenvalue weighted by atomic mass is 10.2. The molecule has 6 nitrogen and oxygen atoms in total. The van der Waals surface area contributed by atoms with Crippen LogP contribution in [0, 0.1) is 0 Å². The quantitative estimate of drug-likeness (QED) is 0.780. The summed E-state index contributed by atoms with van der Waals surface area (Å²) in [5, 5.41) is 0. The summed E-state index contributed by atoms with van der Waals surface area (Å²) in [5.74, 6) is 0. The van der Waals surface area contributed by atoms with Crippen molar-refractivity contribution in [2.45, 2.75) is 19.3 Å². The molecule has 2 rings (SSSR count). The van der Waals surface area contributed by atoms with Crippen LogP contribution < -0.4 is 11.2 Å². The molecule has 0 radical (unpaired) electrons. The first-order chi connectivity index (χ1) is 10.2. The van der Waals surface area contributed by atoms with Crippen molar-refractivity contribution in [2.24, 2.45) is 0 Å². The highest BCUT2D eigenvalue weighted by molar-refractivity contribution is 5.13. The fourth-order valence-corrected chi connectivity index (χ4v) is 1.97. The van der Waals surface area contributed by atoms with Gasteiger partial charge in [-0.2, -0.15) is 0 Å². The summed E-state index contributed by atoms with van der Waals surface area (Å²) in [6.45, 7) is 0.955. The lowest BCUT2D eigenvalue weighted by Gasteiger charge is -2.17. The molecule has 1 N–H and O–H groups in total. The summed E-state index contributed by atoms with van der Waals surface area (Å²) in [6.07, 6.45) is 1.46. The van der Waals surface area contributed by atoms with Crippen LogP contribution in [0.3, 0.4) is 0 Å². The van der Waals surface area contributed by atoms with Crippen molar-refractivity contribution in [1.29, 1.82) is 0 Å². The zero-order valence-corrected chi connectivity index (χ0v) is 11.8. The molecule has 0 aliphatic heterocycles. The fourth-order valence-electron chi connectivity index (χ4n) is 1.97. The smallest absolute Gasteiger partial charge is 0.330 e. The third-order valence-electron chi connectivity index (χ3n) is 3.05. The van der Waals surface area contributed by atoms with Crippen LogP contribution in [0.5, 0.6) is 0 Å². The van der Waals surface area contributed by atoms with Crippen LogP contribution in [0.2, 0.25) is 0 Å². The highest BCUT2D eigenvalue weighted by Gasteiger charge is 2.11. The van der Waals surface area contributed by atoms with Gasteiger partial charge < -0.3 is 9.47 Å². The van der Waals surface area contributed by atoms with Crippen LogP contribution in [-0.2, 0) is 16.1 Å². The SMILES string of the molecule is COC(CCOCc1ccccc1)n1ccc(=O)[nH]c1=O. The van der Waals surface area contributed by atoms with Crippen molar-refractivity contribution >= 4 is 0 Å². The number of benzene rings is 1. The molecule has 1 atom stereocenters. The second kappa shape index (κ2) is 7.56. The lowest BCUT2D eigenvalue weighted by molar-refractivity contribution is 0.00219. The predicted molar refractivity (Wildman–Crippen MR) is 78.1 cm³/mol. The predicted octanol–water partition coefficient (Wildman–Crippen LogP) is 1.29. The number of hydrogen-bond donors (Lipinski definition) is 1. The third kappa shape index (κ3) is 4.40. The second-order valence-corrected chi connectivity index (χ2v) is 4.53. The minimum absolute atomic E-state index is 0.425. The molecule has 0 fully saturated rings. The Hall–Kier alpha value is -2.18. The van der Waals surface area contributed by atoms with Gasteiger partial charge >= 0.3 is 5.69 Å². The summed E-state index contributed by atoms with van der Waals surface area (Å²) in [5.41, 5.74) is 0.177. The minimum Gasteiger partial charge on any atom is -0.377 e. The first-order valence-corrected chi connectivity index (χ1v) is 6.66. The minimum atomic E-state index is -0.489. The van der Waals surface area contributed by atoms with Crippen LogP contribution in [0.15, 0.2) is 52.2 Å². The largest absolute Gasteiger partial charge is 0.377 e. The first kappa shape index (κ1) is 15.2. The van der Waals surface area contributed by atoms with E-state index in [1.54, 1.807) is 0 Å². The number of nitrogens with zero attached hydrogens (tertiary/aromatic N) is 1. The van der Waals surface area contributed by atoms with Crippen LogP contribution >= 0.6 is 0 Å². The van der Waals surface area contributed by atoms with Gasteiger partial charge in [-0.15, -0.1) is 0 Å². The van der Waals surface area contributed by atoms with E-state index in [1.807, 2.05) is 30.3 Å². The maximum absolute atomic E-state index is 11.7. The molecule has 112 valence electrons. The fraction of sp³-hybridized carbons (Fsp3) is 0.333. The van der Waals surface area contributed by atoms with Crippen molar-refractivity contribution in [1.82, 2.24) is 9.55 Å². The first-order valence-electron chi connectivity index (χ1n) is 6.66. The molecule has 0 saturated carbocycles. The number of rotatable bonds is 7. The van der Waals surface area contributed by atoms with Gasteiger partial charge in [0.05, 0.1) is 13.2 Å². The molecule has 2 aromatic rings. The number of H-pyrrole nitrogens is 1. The molecule has 0 amide bonds. The number of ether oxygens (including phenoxy) is 2. The number of methoxy groups -OCH3 is 1. The van der Waals surface area contributed by atoms with E-state index in [0.717, 1.165) is 5.56 Å². The Morgan fingerprint density at radius 3 is 2.62 bits per heavy atom. The van der Waals surface area contributed by atoms with Gasteiger partial charge in [0.25, 0.3) is 5.56 Å². The number of nitrogens with one attached hydrogen (secondary N) is 1. The summed E-state index contributed by atoms with van der Waals surface area (Å²) in [7, 11) is 1.51. The van der Waals surface area contributed by atoms with Gasteiger partial charge in [-0.1, -0.05) is 30.3 Å². The Kier molecular flexibility index (Phi) is 5.48. The standard InChI is InChI=1S/C15H18N2O4/c1-20-14(17-9-7-13(18)16-15(17)19)8-10-21-11-12-5-3-2-4-6-12/h2-7,9,14H,8,10-11H2,1H3,(H,16,18,19). The molecule has 0 saturated heterocycles. The van der Waals surface area contributed by atoms with E-state index in [9.17, 15) is 9.59 Å². The van der Waals surface area contributed by atoms with Crippen LogP contribution in [-0.4, -0.2) is 23.3 Å². The highest BCUT2D eigenvalue weighted by Crippen LogP contribution is 2.10. The third-order valence-corrected chi connectivity index (χ3v) is 3.05. The molecule has 1 aromatic carbocycles. The monoisotopic (exact) mass is 290 g/mol. The van der Waals surface area contributed by atoms with Crippen molar-refractivity contribution in [3.63, 3.8) is 0 Å². The van der Waals surface area contributed by atoms with E-state index in [1.165, 1.54) is 23.9 Å². The van der Waals surface area contributed by atoms with E-state index in [4.69, 9.17) is 9.47 Å². The van der Waals surface area contributed by atoms with Crippen LogP contribution in [0.25, 0.3) is 0 Å². The molecule has 21 heavy (non-hydrogen) atoms. The Balaban J connectivity index is 1.88. The van der Waals surface area contributed by atoms with Crippen LogP contribution in [0.4, 0.5) is 0 Å². The molecule has 0 aliphatic carbocycles. The van der Waals surface area contributed by atoms with E-state index >= 15 is 0 Å². The number of aromatic amines is 1. The Morgan fingerprint density at radius 2 is 1.95 bits per heavy atom. The van der Waals surface area contributed by atoms with Crippen molar-refractivity contribution < 1.29 is 9.47 Å². The summed E-state index contributed by atoms with van der Waals surface area (Å²) in [6, 6.07) is 11.1. The molecule has 1 heterocycles. The van der Waals surface area contributed by atoms with Crippen molar-refractivity contribution in [3.05, 3.63) is 69.0 Å². The van der Waals surface area contributed by atoms with Gasteiger partial charge in [-0.25, -0.2) is 4.79 Å². The molecule has 1 aromatic heterocycles. The highest BCUT2D eigenvalue weighted by atomic mass is 16.5. The second-order valence-electron chi connectivity index (χ2n) is 4.53. The molecule has 0 spiro atoms. The lowest BCUT2D eigenvalue weighted by Crippen LogP contribution is -2.32. The molecule has 1 unspecified atom stereocenters. The van der Waals surface area contributed by atoms with Gasteiger partial charge in [0, 0.05) is 25.8 Å².